The van der Waals surface area contributed by atoms with Crippen LogP contribution in [0, 0.1) is 5.41 Å². The van der Waals surface area contributed by atoms with E-state index in [2.05, 4.69) is 25.2 Å². The highest BCUT2D eigenvalue weighted by Gasteiger charge is 2.35. The fraction of sp³-hybridized carbons (Fsp3) is 0.818. The summed E-state index contributed by atoms with van der Waals surface area (Å²) in [5, 5.41) is 8.06. The van der Waals surface area contributed by atoms with Crippen molar-refractivity contribution < 1.29 is 9.47 Å². The van der Waals surface area contributed by atoms with Crippen LogP contribution in [0.25, 0.3) is 0 Å². The van der Waals surface area contributed by atoms with E-state index in [0.717, 1.165) is 57.5 Å². The van der Waals surface area contributed by atoms with Gasteiger partial charge in [0.15, 0.2) is 5.96 Å². The van der Waals surface area contributed by atoms with Crippen molar-refractivity contribution in [3.63, 3.8) is 0 Å². The molecule has 3 aliphatic rings. The van der Waals surface area contributed by atoms with Crippen molar-refractivity contribution in [2.75, 3.05) is 66.1 Å². The second-order valence-electron chi connectivity index (χ2n) is 9.10. The molecule has 0 spiro atoms. The number of halogens is 1. The molecule has 9 heteroatoms. The van der Waals surface area contributed by atoms with Crippen LogP contribution in [0.5, 0.6) is 0 Å². The lowest BCUT2D eigenvalue weighted by Crippen LogP contribution is -2.53. The van der Waals surface area contributed by atoms with Gasteiger partial charge in [-0.1, -0.05) is 19.3 Å². The van der Waals surface area contributed by atoms with Gasteiger partial charge in [0, 0.05) is 64.0 Å². The van der Waals surface area contributed by atoms with E-state index < -0.39 is 0 Å². The number of rotatable bonds is 5. The smallest absolute Gasteiger partial charge is 0.193 e. The molecule has 31 heavy (non-hydrogen) atoms. The maximum Gasteiger partial charge on any atom is 0.193 e. The van der Waals surface area contributed by atoms with Gasteiger partial charge < -0.3 is 19.7 Å². The van der Waals surface area contributed by atoms with E-state index in [9.17, 15) is 0 Å². The number of morpholine rings is 2. The molecule has 3 heterocycles. The average molecular weight is 546 g/mol. The highest BCUT2D eigenvalue weighted by Crippen LogP contribution is 2.37. The highest BCUT2D eigenvalue weighted by molar-refractivity contribution is 14.0. The fourth-order valence-electron chi connectivity index (χ4n) is 5.17. The van der Waals surface area contributed by atoms with Crippen LogP contribution in [0.2, 0.25) is 0 Å². The Morgan fingerprint density at radius 3 is 2.65 bits per heavy atom. The molecule has 0 aromatic carbocycles. The summed E-state index contributed by atoms with van der Waals surface area (Å²) in [7, 11) is 3.84. The summed E-state index contributed by atoms with van der Waals surface area (Å²) in [6.45, 7) is 8.41. The number of aryl methyl sites for hydroxylation is 1. The lowest BCUT2D eigenvalue weighted by molar-refractivity contribution is -0.00903. The molecule has 0 amide bonds. The molecule has 1 N–H and O–H groups in total. The molecule has 176 valence electrons. The van der Waals surface area contributed by atoms with Crippen molar-refractivity contribution in [1.82, 2.24) is 24.9 Å². The standard InChI is InChI=1S/C22H38N6O2.HI/c1-23-21(28-10-13-30-20(16-28)19-14-25-26(2)15-19)24-17-22(6-4-3-5-7-22)18-27-8-11-29-12-9-27;/h14-15,20H,3-13,16-18H2,1-2H3,(H,23,24);1H. The largest absolute Gasteiger partial charge is 0.379 e. The van der Waals surface area contributed by atoms with Gasteiger partial charge in [0.1, 0.15) is 6.10 Å². The Balaban J connectivity index is 0.00000272. The minimum Gasteiger partial charge on any atom is -0.379 e. The van der Waals surface area contributed by atoms with E-state index in [1.165, 1.54) is 38.6 Å². The van der Waals surface area contributed by atoms with E-state index in [-0.39, 0.29) is 30.1 Å². The van der Waals surface area contributed by atoms with Crippen LogP contribution in [0.1, 0.15) is 43.8 Å². The summed E-state index contributed by atoms with van der Waals surface area (Å²) < 4.78 is 13.4. The van der Waals surface area contributed by atoms with E-state index >= 15 is 0 Å². The molecule has 2 aliphatic heterocycles. The molecule has 1 aliphatic carbocycles. The number of ether oxygens (including phenoxy) is 2. The average Bonchev–Trinajstić information content (AvgIpc) is 3.22. The van der Waals surface area contributed by atoms with Crippen LogP contribution >= 0.6 is 24.0 Å². The highest BCUT2D eigenvalue weighted by atomic mass is 127. The first-order chi connectivity index (χ1) is 14.7. The fourth-order valence-corrected chi connectivity index (χ4v) is 5.17. The van der Waals surface area contributed by atoms with Gasteiger partial charge in [0.2, 0.25) is 0 Å². The first kappa shape index (κ1) is 24.7. The Kier molecular flexibility index (Phi) is 9.42. The summed E-state index contributed by atoms with van der Waals surface area (Å²) in [5.74, 6) is 0.999. The van der Waals surface area contributed by atoms with Crippen molar-refractivity contribution in [3.8, 4) is 0 Å². The molecule has 1 saturated carbocycles. The van der Waals surface area contributed by atoms with Crippen LogP contribution in [0.15, 0.2) is 17.4 Å². The molecule has 8 nitrogen and oxygen atoms in total. The summed E-state index contributed by atoms with van der Waals surface area (Å²) in [5.41, 5.74) is 1.47. The Bertz CT molecular complexity index is 700. The van der Waals surface area contributed by atoms with Gasteiger partial charge in [0.05, 0.1) is 32.6 Å². The minimum absolute atomic E-state index is 0. The maximum absolute atomic E-state index is 6.02. The molecular weight excluding hydrogens is 507 g/mol. The summed E-state index contributed by atoms with van der Waals surface area (Å²) in [6, 6.07) is 0. The molecule has 0 bridgehead atoms. The van der Waals surface area contributed by atoms with Gasteiger partial charge in [-0.2, -0.15) is 5.10 Å². The molecule has 1 aromatic rings. The van der Waals surface area contributed by atoms with Crippen molar-refractivity contribution in [1.29, 1.82) is 0 Å². The quantitative estimate of drug-likeness (QED) is 0.348. The zero-order chi connectivity index (χ0) is 20.8. The Hall–Kier alpha value is -0.910. The van der Waals surface area contributed by atoms with E-state index in [1.807, 2.05) is 31.2 Å². The van der Waals surface area contributed by atoms with Crippen molar-refractivity contribution in [2.24, 2.45) is 17.5 Å². The van der Waals surface area contributed by atoms with Gasteiger partial charge in [-0.05, 0) is 12.8 Å². The van der Waals surface area contributed by atoms with Gasteiger partial charge in [-0.25, -0.2) is 0 Å². The predicted octanol–water partition coefficient (Wildman–Crippen LogP) is 2.27. The third-order valence-corrected chi connectivity index (χ3v) is 6.87. The molecule has 1 aromatic heterocycles. The van der Waals surface area contributed by atoms with Crippen LogP contribution in [-0.2, 0) is 16.5 Å². The van der Waals surface area contributed by atoms with Crippen LogP contribution < -0.4 is 5.32 Å². The number of guanidine groups is 1. The number of aliphatic imine (C=N–C) groups is 1. The SMILES string of the molecule is CN=C(NCC1(CN2CCOCC2)CCCCC1)N1CCOC(c2cnn(C)c2)C1.I. The van der Waals surface area contributed by atoms with Crippen LogP contribution in [0.3, 0.4) is 0 Å². The number of hydrogen-bond donors (Lipinski definition) is 1. The summed E-state index contributed by atoms with van der Waals surface area (Å²) >= 11 is 0. The maximum atomic E-state index is 6.02. The third kappa shape index (κ3) is 6.55. The number of aromatic nitrogens is 2. The molecule has 3 fully saturated rings. The van der Waals surface area contributed by atoms with E-state index in [0.29, 0.717) is 12.0 Å². The monoisotopic (exact) mass is 546 g/mol. The van der Waals surface area contributed by atoms with Crippen LogP contribution in [0.4, 0.5) is 0 Å². The molecule has 1 unspecified atom stereocenters. The number of nitrogens with zero attached hydrogens (tertiary/aromatic N) is 5. The van der Waals surface area contributed by atoms with E-state index in [4.69, 9.17) is 9.47 Å². The van der Waals surface area contributed by atoms with Gasteiger partial charge in [0.25, 0.3) is 0 Å². The van der Waals surface area contributed by atoms with Crippen LogP contribution in [-0.4, -0.2) is 91.7 Å². The molecule has 0 radical (unpaired) electrons. The number of nitrogens with one attached hydrogen (secondary N) is 1. The predicted molar refractivity (Wildman–Crippen MR) is 133 cm³/mol. The van der Waals surface area contributed by atoms with Crippen molar-refractivity contribution in [3.05, 3.63) is 18.0 Å². The first-order valence-electron chi connectivity index (χ1n) is 11.5. The number of hydrogen-bond acceptors (Lipinski definition) is 5. The Morgan fingerprint density at radius 1 is 1.19 bits per heavy atom. The lowest BCUT2D eigenvalue weighted by atomic mass is 9.73. The Labute approximate surface area is 203 Å². The van der Waals surface area contributed by atoms with E-state index in [1.54, 1.807) is 0 Å². The van der Waals surface area contributed by atoms with Crippen molar-refractivity contribution in [2.45, 2.75) is 38.2 Å². The molecule has 4 rings (SSSR count). The van der Waals surface area contributed by atoms with Gasteiger partial charge in [-0.15, -0.1) is 24.0 Å². The first-order valence-corrected chi connectivity index (χ1v) is 11.5. The normalized spacial score (nSPS) is 25.2. The second-order valence-corrected chi connectivity index (χ2v) is 9.10. The Morgan fingerprint density at radius 2 is 1.97 bits per heavy atom. The topological polar surface area (TPSA) is 67.2 Å². The summed E-state index contributed by atoms with van der Waals surface area (Å²) in [6.07, 6.45) is 10.6. The third-order valence-electron chi connectivity index (χ3n) is 6.87. The molecule has 2 saturated heterocycles. The van der Waals surface area contributed by atoms with Gasteiger partial charge >= 0.3 is 0 Å². The van der Waals surface area contributed by atoms with Crippen molar-refractivity contribution >= 4 is 29.9 Å². The molecular formula is C22H39IN6O2. The summed E-state index contributed by atoms with van der Waals surface area (Å²) in [4.78, 5) is 9.57. The second kappa shape index (κ2) is 11.8. The van der Waals surface area contributed by atoms with Gasteiger partial charge in [-0.3, -0.25) is 14.6 Å². The minimum atomic E-state index is 0. The molecule has 1 atom stereocenters. The zero-order valence-electron chi connectivity index (χ0n) is 19.1. The lowest BCUT2D eigenvalue weighted by Gasteiger charge is -2.43. The zero-order valence-corrected chi connectivity index (χ0v) is 21.4.